The molecule has 0 spiro atoms. The number of imidazole rings is 1. The van der Waals surface area contributed by atoms with Crippen molar-refractivity contribution in [2.24, 2.45) is 0 Å². The van der Waals surface area contributed by atoms with E-state index in [1.807, 2.05) is 12.1 Å². The number of benzene rings is 2. The molecule has 0 radical (unpaired) electrons. The Morgan fingerprint density at radius 3 is 2.32 bits per heavy atom. The second-order valence-corrected chi connectivity index (χ2v) is 6.64. The molecular formula is C21H24Cl2N2. The maximum absolute atomic E-state index is 5.91. The maximum Gasteiger partial charge on any atom is 0.243 e. The lowest BCUT2D eigenvalue weighted by Gasteiger charge is -2.01. The Kier molecular flexibility index (Phi) is 8.03. The van der Waals surface area contributed by atoms with E-state index in [4.69, 9.17) is 11.6 Å². The van der Waals surface area contributed by atoms with Crippen molar-refractivity contribution in [1.29, 1.82) is 0 Å². The average Bonchev–Trinajstić information content (AvgIpc) is 3.07. The molecular weight excluding hydrogens is 351 g/mol. The normalized spacial score (nSPS) is 10.4. The van der Waals surface area contributed by atoms with E-state index in [1.165, 1.54) is 24.0 Å². The molecule has 0 saturated carbocycles. The molecule has 0 amide bonds. The Balaban J connectivity index is 0.00000225. The molecule has 0 aliphatic carbocycles. The van der Waals surface area contributed by atoms with Crippen LogP contribution in [0, 0.1) is 0 Å². The molecule has 3 aromatic rings. The van der Waals surface area contributed by atoms with Crippen molar-refractivity contribution in [3.63, 3.8) is 0 Å². The summed E-state index contributed by atoms with van der Waals surface area (Å²) in [7, 11) is 0. The molecule has 132 valence electrons. The number of aryl methyl sites for hydroxylation is 4. The minimum atomic E-state index is 0. The van der Waals surface area contributed by atoms with Crippen LogP contribution in [0.25, 0.3) is 0 Å². The standard InChI is InChI=1S/C21H24ClN2.ClH/c22-21-11-9-20(10-12-21)8-4-5-14-23-16-17-24(18-23)15-13-19-6-2-1-3-7-19;/h1-3,6-7,9-12,16-18H,4-5,8,13-15H2;1H/q+1;/p-1. The van der Waals surface area contributed by atoms with Crippen LogP contribution in [0.15, 0.2) is 73.3 Å². The topological polar surface area (TPSA) is 8.81 Å². The van der Waals surface area contributed by atoms with E-state index in [0.717, 1.165) is 31.0 Å². The first-order valence-electron chi connectivity index (χ1n) is 8.63. The lowest BCUT2D eigenvalue weighted by Crippen LogP contribution is -3.00. The van der Waals surface area contributed by atoms with Gasteiger partial charge in [-0.2, -0.15) is 0 Å². The number of nitrogens with zero attached hydrogens (tertiary/aromatic N) is 2. The van der Waals surface area contributed by atoms with Gasteiger partial charge in [0.25, 0.3) is 0 Å². The van der Waals surface area contributed by atoms with Crippen molar-refractivity contribution in [2.75, 3.05) is 0 Å². The smallest absolute Gasteiger partial charge is 0.243 e. The van der Waals surface area contributed by atoms with Crippen molar-refractivity contribution < 1.29 is 17.0 Å². The highest BCUT2D eigenvalue weighted by Crippen LogP contribution is 2.11. The zero-order valence-corrected chi connectivity index (χ0v) is 15.8. The fourth-order valence-electron chi connectivity index (χ4n) is 2.88. The summed E-state index contributed by atoms with van der Waals surface area (Å²) < 4.78 is 4.55. The zero-order chi connectivity index (χ0) is 16.6. The van der Waals surface area contributed by atoms with Gasteiger partial charge in [0, 0.05) is 11.4 Å². The molecule has 0 atom stereocenters. The summed E-state index contributed by atoms with van der Waals surface area (Å²) in [4.78, 5) is 0. The van der Waals surface area contributed by atoms with E-state index in [9.17, 15) is 0 Å². The van der Waals surface area contributed by atoms with E-state index in [0.29, 0.717) is 0 Å². The highest BCUT2D eigenvalue weighted by molar-refractivity contribution is 6.30. The van der Waals surface area contributed by atoms with Crippen LogP contribution in [0.5, 0.6) is 0 Å². The van der Waals surface area contributed by atoms with E-state index in [2.05, 4.69) is 70.3 Å². The number of hydrogen-bond donors (Lipinski definition) is 0. The average molecular weight is 375 g/mol. The van der Waals surface area contributed by atoms with Crippen LogP contribution >= 0.6 is 11.6 Å². The van der Waals surface area contributed by atoms with Gasteiger partial charge in [-0.05, 0) is 42.5 Å². The molecule has 0 unspecified atom stereocenters. The predicted molar refractivity (Wildman–Crippen MR) is 99.2 cm³/mol. The minimum absolute atomic E-state index is 0. The highest BCUT2D eigenvalue weighted by Gasteiger charge is 2.04. The lowest BCUT2D eigenvalue weighted by molar-refractivity contribution is -0.696. The maximum atomic E-state index is 5.91. The summed E-state index contributed by atoms with van der Waals surface area (Å²) in [5.41, 5.74) is 2.76. The van der Waals surface area contributed by atoms with Gasteiger partial charge in [0.2, 0.25) is 6.33 Å². The highest BCUT2D eigenvalue weighted by atomic mass is 35.5. The van der Waals surface area contributed by atoms with Crippen molar-refractivity contribution in [3.05, 3.63) is 89.5 Å². The molecule has 0 fully saturated rings. The molecule has 0 saturated heterocycles. The van der Waals surface area contributed by atoms with Crippen LogP contribution in [0.3, 0.4) is 0 Å². The second kappa shape index (κ2) is 10.3. The van der Waals surface area contributed by atoms with Crippen LogP contribution in [-0.2, 0) is 25.9 Å². The molecule has 2 nitrogen and oxygen atoms in total. The van der Waals surface area contributed by atoms with Crippen molar-refractivity contribution in [2.45, 2.75) is 38.8 Å². The molecule has 4 heteroatoms. The third-order valence-corrected chi connectivity index (χ3v) is 4.54. The third kappa shape index (κ3) is 6.56. The zero-order valence-electron chi connectivity index (χ0n) is 14.3. The first-order chi connectivity index (χ1) is 11.8. The first-order valence-corrected chi connectivity index (χ1v) is 9.00. The second-order valence-electron chi connectivity index (χ2n) is 6.21. The minimum Gasteiger partial charge on any atom is -1.00 e. The molecule has 0 aliphatic rings. The molecule has 2 aromatic carbocycles. The van der Waals surface area contributed by atoms with Crippen LogP contribution < -0.4 is 17.0 Å². The van der Waals surface area contributed by atoms with Gasteiger partial charge >= 0.3 is 0 Å². The Hall–Kier alpha value is -1.77. The van der Waals surface area contributed by atoms with E-state index in [1.54, 1.807) is 0 Å². The molecule has 1 heterocycles. The van der Waals surface area contributed by atoms with E-state index < -0.39 is 0 Å². The van der Waals surface area contributed by atoms with E-state index in [-0.39, 0.29) is 12.4 Å². The SMILES string of the molecule is Clc1ccc(CCCC[n+]2ccn(CCc3ccccc3)c2)cc1.[Cl-]. The fraction of sp³-hybridized carbons (Fsp3) is 0.286. The fourth-order valence-corrected chi connectivity index (χ4v) is 3.01. The van der Waals surface area contributed by atoms with Gasteiger partial charge in [0.05, 0.1) is 13.1 Å². The van der Waals surface area contributed by atoms with Gasteiger partial charge in [0.1, 0.15) is 12.4 Å². The quantitative estimate of drug-likeness (QED) is 0.419. The largest absolute Gasteiger partial charge is 1.00 e. The van der Waals surface area contributed by atoms with Gasteiger partial charge in [-0.15, -0.1) is 0 Å². The Bertz CT molecular complexity index is 736. The number of halogens is 2. The molecule has 3 rings (SSSR count). The van der Waals surface area contributed by atoms with Crippen molar-refractivity contribution >= 4 is 11.6 Å². The Morgan fingerprint density at radius 2 is 1.56 bits per heavy atom. The molecule has 0 bridgehead atoms. The Morgan fingerprint density at radius 1 is 0.840 bits per heavy atom. The molecule has 0 N–H and O–H groups in total. The molecule has 0 aliphatic heterocycles. The van der Waals surface area contributed by atoms with Gasteiger partial charge in [-0.3, -0.25) is 0 Å². The van der Waals surface area contributed by atoms with Crippen LogP contribution in [-0.4, -0.2) is 4.57 Å². The van der Waals surface area contributed by atoms with Gasteiger partial charge in [-0.25, -0.2) is 9.13 Å². The number of aromatic nitrogens is 2. The van der Waals surface area contributed by atoms with Crippen molar-refractivity contribution in [3.8, 4) is 0 Å². The van der Waals surface area contributed by atoms with Gasteiger partial charge in [-0.1, -0.05) is 54.1 Å². The summed E-state index contributed by atoms with van der Waals surface area (Å²) >= 11 is 5.91. The molecule has 1 aromatic heterocycles. The third-order valence-electron chi connectivity index (χ3n) is 4.29. The number of unbranched alkanes of at least 4 members (excludes halogenated alkanes) is 1. The first kappa shape index (κ1) is 19.6. The molecule has 25 heavy (non-hydrogen) atoms. The van der Waals surface area contributed by atoms with Crippen molar-refractivity contribution in [1.82, 2.24) is 4.57 Å². The van der Waals surface area contributed by atoms with Crippen LogP contribution in [0.4, 0.5) is 0 Å². The Labute approximate surface area is 161 Å². The monoisotopic (exact) mass is 374 g/mol. The van der Waals surface area contributed by atoms with Gasteiger partial charge < -0.3 is 12.4 Å². The summed E-state index contributed by atoms with van der Waals surface area (Å²) in [6.45, 7) is 2.10. The number of hydrogen-bond acceptors (Lipinski definition) is 0. The summed E-state index contributed by atoms with van der Waals surface area (Å²) in [6, 6.07) is 18.8. The van der Waals surface area contributed by atoms with E-state index >= 15 is 0 Å². The summed E-state index contributed by atoms with van der Waals surface area (Å²) in [6.07, 6.45) is 11.1. The summed E-state index contributed by atoms with van der Waals surface area (Å²) in [5.74, 6) is 0. The number of rotatable bonds is 8. The van der Waals surface area contributed by atoms with Crippen LogP contribution in [0.2, 0.25) is 5.02 Å². The summed E-state index contributed by atoms with van der Waals surface area (Å²) in [5, 5.41) is 0.811. The van der Waals surface area contributed by atoms with Gasteiger partial charge in [0.15, 0.2) is 0 Å². The lowest BCUT2D eigenvalue weighted by atomic mass is 10.1. The van der Waals surface area contributed by atoms with Crippen LogP contribution in [0.1, 0.15) is 24.0 Å². The predicted octanol–water partition coefficient (Wildman–Crippen LogP) is 1.70.